The maximum absolute atomic E-state index is 12.0. The van der Waals surface area contributed by atoms with Gasteiger partial charge >= 0.3 is 11.9 Å². The summed E-state index contributed by atoms with van der Waals surface area (Å²) in [5.41, 5.74) is -1.20. The highest BCUT2D eigenvalue weighted by molar-refractivity contribution is 5.83. The molecule has 0 unspecified atom stereocenters. The molecule has 0 N–H and O–H groups in total. The van der Waals surface area contributed by atoms with Crippen molar-refractivity contribution in [3.8, 4) is 0 Å². The lowest BCUT2D eigenvalue weighted by atomic mass is 9.97. The predicted molar refractivity (Wildman–Crippen MR) is 68.0 cm³/mol. The molecule has 0 bridgehead atoms. The molecule has 0 radical (unpaired) electrons. The quantitative estimate of drug-likeness (QED) is 0.726. The van der Waals surface area contributed by atoms with E-state index >= 15 is 0 Å². The minimum Gasteiger partial charge on any atom is -0.459 e. The van der Waals surface area contributed by atoms with Crippen molar-refractivity contribution in [2.75, 3.05) is 0 Å². The van der Waals surface area contributed by atoms with Gasteiger partial charge in [-0.05, 0) is 39.5 Å². The standard InChI is InChI=1S/C14H24O4/c1-10(2)12(15)18-14(3,4)13(16)17-11-8-6-5-7-9-11/h10-11H,5-9H2,1-4H3. The Morgan fingerprint density at radius 3 is 2.17 bits per heavy atom. The molecule has 104 valence electrons. The second-order valence-electron chi connectivity index (χ2n) is 5.75. The molecular formula is C14H24O4. The van der Waals surface area contributed by atoms with Crippen molar-refractivity contribution in [3.05, 3.63) is 0 Å². The maximum Gasteiger partial charge on any atom is 0.350 e. The Bertz CT molecular complexity index is 301. The van der Waals surface area contributed by atoms with Crippen molar-refractivity contribution >= 4 is 11.9 Å². The molecule has 0 spiro atoms. The van der Waals surface area contributed by atoms with Crippen molar-refractivity contribution in [2.24, 2.45) is 5.92 Å². The molecular weight excluding hydrogens is 232 g/mol. The molecule has 0 aliphatic heterocycles. The summed E-state index contributed by atoms with van der Waals surface area (Å²) in [4.78, 5) is 23.5. The van der Waals surface area contributed by atoms with Crippen LogP contribution >= 0.6 is 0 Å². The Labute approximate surface area is 109 Å². The van der Waals surface area contributed by atoms with Crippen LogP contribution in [0.1, 0.15) is 59.8 Å². The van der Waals surface area contributed by atoms with E-state index in [0.29, 0.717) is 0 Å². The van der Waals surface area contributed by atoms with Crippen molar-refractivity contribution in [1.29, 1.82) is 0 Å². The van der Waals surface area contributed by atoms with Crippen LogP contribution in [-0.4, -0.2) is 23.6 Å². The molecule has 4 nitrogen and oxygen atoms in total. The van der Waals surface area contributed by atoms with Crippen LogP contribution in [0.15, 0.2) is 0 Å². The van der Waals surface area contributed by atoms with Gasteiger partial charge in [0.1, 0.15) is 6.10 Å². The lowest BCUT2D eigenvalue weighted by Crippen LogP contribution is -2.41. The third-order valence-corrected chi connectivity index (χ3v) is 3.14. The fourth-order valence-electron chi connectivity index (χ4n) is 1.89. The van der Waals surface area contributed by atoms with Crippen LogP contribution < -0.4 is 0 Å². The highest BCUT2D eigenvalue weighted by Crippen LogP contribution is 2.23. The van der Waals surface area contributed by atoms with Crippen LogP contribution in [0.2, 0.25) is 0 Å². The Kier molecular flexibility index (Phi) is 5.17. The number of carbonyl (C=O) groups excluding carboxylic acids is 2. The summed E-state index contributed by atoms with van der Waals surface area (Å²) in [7, 11) is 0. The van der Waals surface area contributed by atoms with Gasteiger partial charge in [-0.3, -0.25) is 4.79 Å². The molecule has 1 saturated carbocycles. The van der Waals surface area contributed by atoms with Gasteiger partial charge < -0.3 is 9.47 Å². The Balaban J connectivity index is 2.49. The monoisotopic (exact) mass is 256 g/mol. The van der Waals surface area contributed by atoms with E-state index in [2.05, 4.69) is 0 Å². The van der Waals surface area contributed by atoms with Crippen LogP contribution in [0.4, 0.5) is 0 Å². The lowest BCUT2D eigenvalue weighted by Gasteiger charge is -2.28. The molecule has 4 heteroatoms. The predicted octanol–water partition coefficient (Wildman–Crippen LogP) is 2.84. The molecule has 0 atom stereocenters. The zero-order chi connectivity index (χ0) is 13.8. The van der Waals surface area contributed by atoms with E-state index in [1.807, 2.05) is 0 Å². The summed E-state index contributed by atoms with van der Waals surface area (Å²) in [6.45, 7) is 6.65. The van der Waals surface area contributed by atoms with E-state index < -0.39 is 11.6 Å². The first-order chi connectivity index (χ1) is 8.33. The number of carbonyl (C=O) groups is 2. The van der Waals surface area contributed by atoms with E-state index in [-0.39, 0.29) is 18.0 Å². The summed E-state index contributed by atoms with van der Waals surface area (Å²) >= 11 is 0. The first kappa shape index (κ1) is 15.0. The average Bonchev–Trinajstić information content (AvgIpc) is 2.29. The van der Waals surface area contributed by atoms with E-state index in [1.54, 1.807) is 27.7 Å². The Morgan fingerprint density at radius 2 is 1.67 bits per heavy atom. The highest BCUT2D eigenvalue weighted by atomic mass is 16.6. The normalized spacial score (nSPS) is 17.6. The molecule has 1 rings (SSSR count). The maximum atomic E-state index is 12.0. The molecule has 18 heavy (non-hydrogen) atoms. The van der Waals surface area contributed by atoms with E-state index in [1.165, 1.54) is 6.42 Å². The van der Waals surface area contributed by atoms with Gasteiger partial charge in [0.2, 0.25) is 5.60 Å². The molecule has 0 aromatic heterocycles. The number of esters is 2. The summed E-state index contributed by atoms with van der Waals surface area (Å²) in [6.07, 6.45) is 5.23. The molecule has 0 heterocycles. The van der Waals surface area contributed by atoms with Gasteiger partial charge in [0, 0.05) is 0 Å². The van der Waals surface area contributed by atoms with Gasteiger partial charge in [-0.1, -0.05) is 20.3 Å². The van der Waals surface area contributed by atoms with Crippen molar-refractivity contribution in [2.45, 2.75) is 71.5 Å². The topological polar surface area (TPSA) is 52.6 Å². The average molecular weight is 256 g/mol. The van der Waals surface area contributed by atoms with E-state index in [9.17, 15) is 9.59 Å². The zero-order valence-corrected chi connectivity index (χ0v) is 11.8. The number of hydrogen-bond donors (Lipinski definition) is 0. The second-order valence-corrected chi connectivity index (χ2v) is 5.75. The third kappa shape index (κ3) is 4.31. The molecule has 1 fully saturated rings. The van der Waals surface area contributed by atoms with Crippen molar-refractivity contribution < 1.29 is 19.1 Å². The highest BCUT2D eigenvalue weighted by Gasteiger charge is 2.36. The number of ether oxygens (including phenoxy) is 2. The minimum atomic E-state index is -1.20. The van der Waals surface area contributed by atoms with Gasteiger partial charge in [-0.15, -0.1) is 0 Å². The molecule has 0 saturated heterocycles. The number of rotatable bonds is 4. The van der Waals surface area contributed by atoms with Crippen LogP contribution in [0, 0.1) is 5.92 Å². The van der Waals surface area contributed by atoms with Crippen LogP contribution in [0.5, 0.6) is 0 Å². The summed E-state index contributed by atoms with van der Waals surface area (Å²) in [5.74, 6) is -1.06. The molecule has 1 aliphatic rings. The summed E-state index contributed by atoms with van der Waals surface area (Å²) in [6, 6.07) is 0. The number of hydrogen-bond acceptors (Lipinski definition) is 4. The zero-order valence-electron chi connectivity index (χ0n) is 11.8. The van der Waals surface area contributed by atoms with Crippen LogP contribution in [0.25, 0.3) is 0 Å². The largest absolute Gasteiger partial charge is 0.459 e. The Morgan fingerprint density at radius 1 is 1.11 bits per heavy atom. The van der Waals surface area contributed by atoms with Gasteiger partial charge in [-0.2, -0.15) is 0 Å². The Hall–Kier alpha value is -1.06. The van der Waals surface area contributed by atoms with Crippen molar-refractivity contribution in [1.82, 2.24) is 0 Å². The molecule has 0 amide bonds. The lowest BCUT2D eigenvalue weighted by molar-refractivity contribution is -0.185. The van der Waals surface area contributed by atoms with Crippen molar-refractivity contribution in [3.63, 3.8) is 0 Å². The molecule has 0 aromatic carbocycles. The van der Waals surface area contributed by atoms with Gasteiger partial charge in [0.25, 0.3) is 0 Å². The first-order valence-corrected chi connectivity index (χ1v) is 6.77. The second kappa shape index (κ2) is 6.21. The fraction of sp³-hybridized carbons (Fsp3) is 0.857. The summed E-state index contributed by atoms with van der Waals surface area (Å²) < 4.78 is 10.6. The van der Waals surface area contributed by atoms with Crippen LogP contribution in [0.3, 0.4) is 0 Å². The summed E-state index contributed by atoms with van der Waals surface area (Å²) in [5, 5.41) is 0. The third-order valence-electron chi connectivity index (χ3n) is 3.14. The van der Waals surface area contributed by atoms with E-state index in [0.717, 1.165) is 25.7 Å². The molecule has 1 aliphatic carbocycles. The molecule has 0 aromatic rings. The smallest absolute Gasteiger partial charge is 0.350 e. The van der Waals surface area contributed by atoms with Gasteiger partial charge in [0.05, 0.1) is 5.92 Å². The van der Waals surface area contributed by atoms with E-state index in [4.69, 9.17) is 9.47 Å². The first-order valence-electron chi connectivity index (χ1n) is 6.77. The minimum absolute atomic E-state index is 0.0109. The fourth-order valence-corrected chi connectivity index (χ4v) is 1.89. The SMILES string of the molecule is CC(C)C(=O)OC(C)(C)C(=O)OC1CCCCC1. The van der Waals surface area contributed by atoms with Gasteiger partial charge in [0.15, 0.2) is 0 Å². The van der Waals surface area contributed by atoms with Gasteiger partial charge in [-0.25, -0.2) is 4.79 Å². The van der Waals surface area contributed by atoms with Crippen LogP contribution in [-0.2, 0) is 19.1 Å².